The number of carbonyl (C=O) groups is 1. The van der Waals surface area contributed by atoms with Gasteiger partial charge < -0.3 is 14.9 Å². The highest BCUT2D eigenvalue weighted by Crippen LogP contribution is 2.24. The minimum atomic E-state index is -1.21. The molecule has 0 heterocycles. The van der Waals surface area contributed by atoms with Gasteiger partial charge >= 0.3 is 5.97 Å². The second-order valence-electron chi connectivity index (χ2n) is 3.65. The van der Waals surface area contributed by atoms with E-state index < -0.39 is 24.6 Å². The minimum absolute atomic E-state index is 0.325. The van der Waals surface area contributed by atoms with Crippen LogP contribution in [0.25, 0.3) is 0 Å². The Kier molecular flexibility index (Phi) is 4.46. The fraction of sp³-hybridized carbons (Fsp3) is 0.417. The molecule has 0 radical (unpaired) electrons. The van der Waals surface area contributed by atoms with Crippen LogP contribution in [0.15, 0.2) is 30.3 Å². The summed E-state index contributed by atoms with van der Waals surface area (Å²) < 4.78 is 5.09. The Morgan fingerprint density at radius 1 is 1.25 bits per heavy atom. The summed E-state index contributed by atoms with van der Waals surface area (Å²) in [5.41, 5.74) is -1.21. The molecule has 0 atom stereocenters. The first-order chi connectivity index (χ1) is 7.68. The van der Waals surface area contributed by atoms with Crippen molar-refractivity contribution >= 4 is 5.97 Å². The van der Waals surface area contributed by atoms with E-state index in [0.717, 1.165) is 0 Å². The molecule has 0 saturated carbocycles. The fourth-order valence-corrected chi connectivity index (χ4v) is 1.25. The number of benzene rings is 1. The van der Waals surface area contributed by atoms with E-state index in [2.05, 4.69) is 0 Å². The van der Waals surface area contributed by atoms with Crippen LogP contribution in [0.1, 0.15) is 13.3 Å². The van der Waals surface area contributed by atoms with Gasteiger partial charge in [-0.15, -0.1) is 0 Å². The second-order valence-corrected chi connectivity index (χ2v) is 3.65. The van der Waals surface area contributed by atoms with E-state index in [4.69, 9.17) is 14.9 Å². The summed E-state index contributed by atoms with van der Waals surface area (Å²) in [6, 6.07) is 8.59. The summed E-state index contributed by atoms with van der Waals surface area (Å²) >= 11 is 0. The maximum absolute atomic E-state index is 11.8. The lowest BCUT2D eigenvalue weighted by Crippen LogP contribution is -2.41. The molecule has 0 unspecified atom stereocenters. The van der Waals surface area contributed by atoms with Gasteiger partial charge in [0.25, 0.3) is 0 Å². The van der Waals surface area contributed by atoms with Crippen molar-refractivity contribution in [3.05, 3.63) is 30.3 Å². The van der Waals surface area contributed by atoms with Gasteiger partial charge in [0.2, 0.25) is 0 Å². The highest BCUT2D eigenvalue weighted by atomic mass is 16.5. The monoisotopic (exact) mass is 224 g/mol. The third-order valence-electron chi connectivity index (χ3n) is 2.67. The molecule has 1 aromatic carbocycles. The van der Waals surface area contributed by atoms with Gasteiger partial charge in [0.1, 0.15) is 11.2 Å². The first-order valence-corrected chi connectivity index (χ1v) is 5.17. The predicted octanol–water partition coefficient (Wildman–Crippen LogP) is 0.973. The third kappa shape index (κ3) is 2.59. The zero-order valence-electron chi connectivity index (χ0n) is 9.22. The lowest BCUT2D eigenvalue weighted by Gasteiger charge is -2.25. The SMILES string of the molecule is CCC(CO)(CO)C(=O)Oc1ccccc1. The molecule has 0 aliphatic carbocycles. The molecule has 0 aromatic heterocycles. The zero-order valence-corrected chi connectivity index (χ0v) is 9.22. The number of hydrogen-bond acceptors (Lipinski definition) is 4. The molecular formula is C12H16O4. The molecule has 1 aromatic rings. The molecule has 0 amide bonds. The van der Waals surface area contributed by atoms with Crippen LogP contribution in [0.2, 0.25) is 0 Å². The highest BCUT2D eigenvalue weighted by Gasteiger charge is 2.37. The van der Waals surface area contributed by atoms with Crippen molar-refractivity contribution in [3.63, 3.8) is 0 Å². The summed E-state index contributed by atoms with van der Waals surface area (Å²) in [6.07, 6.45) is 0.325. The van der Waals surface area contributed by atoms with Gasteiger partial charge in [0.05, 0.1) is 13.2 Å². The fourth-order valence-electron chi connectivity index (χ4n) is 1.25. The van der Waals surface area contributed by atoms with E-state index in [1.54, 1.807) is 31.2 Å². The number of ether oxygens (including phenoxy) is 1. The van der Waals surface area contributed by atoms with Crippen molar-refractivity contribution in [1.82, 2.24) is 0 Å². The molecule has 0 aliphatic heterocycles. The number of hydrogen-bond donors (Lipinski definition) is 2. The van der Waals surface area contributed by atoms with Crippen LogP contribution in [0.3, 0.4) is 0 Å². The van der Waals surface area contributed by atoms with Crippen LogP contribution in [-0.2, 0) is 4.79 Å². The van der Waals surface area contributed by atoms with Crippen molar-refractivity contribution in [1.29, 1.82) is 0 Å². The highest BCUT2D eigenvalue weighted by molar-refractivity contribution is 5.79. The topological polar surface area (TPSA) is 66.8 Å². The van der Waals surface area contributed by atoms with Crippen LogP contribution in [0.4, 0.5) is 0 Å². The first kappa shape index (κ1) is 12.7. The number of rotatable bonds is 5. The normalized spacial score (nSPS) is 11.2. The van der Waals surface area contributed by atoms with E-state index in [-0.39, 0.29) is 0 Å². The Hall–Kier alpha value is -1.39. The third-order valence-corrected chi connectivity index (χ3v) is 2.67. The van der Waals surface area contributed by atoms with E-state index >= 15 is 0 Å². The minimum Gasteiger partial charge on any atom is -0.426 e. The summed E-state index contributed by atoms with van der Waals surface area (Å²) in [6.45, 7) is 0.871. The average molecular weight is 224 g/mol. The maximum Gasteiger partial charge on any atom is 0.322 e. The van der Waals surface area contributed by atoms with Gasteiger partial charge in [-0.05, 0) is 18.6 Å². The Morgan fingerprint density at radius 3 is 2.25 bits per heavy atom. The second kappa shape index (κ2) is 5.63. The number of aliphatic hydroxyl groups is 2. The lowest BCUT2D eigenvalue weighted by molar-refractivity contribution is -0.151. The quantitative estimate of drug-likeness (QED) is 0.577. The molecule has 16 heavy (non-hydrogen) atoms. The molecule has 0 bridgehead atoms. The van der Waals surface area contributed by atoms with Crippen LogP contribution in [-0.4, -0.2) is 29.4 Å². The van der Waals surface area contributed by atoms with Gasteiger partial charge in [0, 0.05) is 0 Å². The molecule has 0 aliphatic rings. The Morgan fingerprint density at radius 2 is 1.81 bits per heavy atom. The van der Waals surface area contributed by atoms with Gasteiger partial charge in [0.15, 0.2) is 0 Å². The molecule has 1 rings (SSSR count). The Bertz CT molecular complexity index is 322. The smallest absolute Gasteiger partial charge is 0.322 e. The van der Waals surface area contributed by atoms with Gasteiger partial charge in [-0.3, -0.25) is 4.79 Å². The van der Waals surface area contributed by atoms with Crippen LogP contribution in [0.5, 0.6) is 5.75 Å². The average Bonchev–Trinajstić information content (AvgIpc) is 2.33. The standard InChI is InChI=1S/C12H16O4/c1-2-12(8-13,9-14)11(15)16-10-6-4-3-5-7-10/h3-7,13-14H,2,8-9H2,1H3. The van der Waals surface area contributed by atoms with E-state index in [9.17, 15) is 4.79 Å². The van der Waals surface area contributed by atoms with E-state index in [1.807, 2.05) is 6.07 Å². The predicted molar refractivity (Wildman–Crippen MR) is 59.0 cm³/mol. The summed E-state index contributed by atoms with van der Waals surface area (Å²) in [4.78, 5) is 11.8. The first-order valence-electron chi connectivity index (χ1n) is 5.17. The van der Waals surface area contributed by atoms with E-state index in [0.29, 0.717) is 12.2 Å². The molecule has 0 spiro atoms. The zero-order chi connectivity index (χ0) is 12.0. The largest absolute Gasteiger partial charge is 0.426 e. The van der Waals surface area contributed by atoms with Gasteiger partial charge in [-0.1, -0.05) is 25.1 Å². The molecule has 4 nitrogen and oxygen atoms in total. The van der Waals surface area contributed by atoms with Gasteiger partial charge in [-0.25, -0.2) is 0 Å². The Labute approximate surface area is 94.5 Å². The molecule has 4 heteroatoms. The number of esters is 1. The van der Waals surface area contributed by atoms with Crippen LogP contribution >= 0.6 is 0 Å². The van der Waals surface area contributed by atoms with Crippen LogP contribution < -0.4 is 4.74 Å². The molecule has 88 valence electrons. The number of para-hydroxylation sites is 1. The Balaban J connectivity index is 2.78. The maximum atomic E-state index is 11.8. The summed E-state index contributed by atoms with van der Waals surface area (Å²) in [5.74, 6) is -0.196. The van der Waals surface area contributed by atoms with Crippen molar-refractivity contribution in [2.45, 2.75) is 13.3 Å². The van der Waals surface area contributed by atoms with Gasteiger partial charge in [-0.2, -0.15) is 0 Å². The van der Waals surface area contributed by atoms with Crippen LogP contribution in [0, 0.1) is 5.41 Å². The molecule has 0 saturated heterocycles. The van der Waals surface area contributed by atoms with Crippen molar-refractivity contribution in [2.75, 3.05) is 13.2 Å². The lowest BCUT2D eigenvalue weighted by atomic mass is 9.87. The van der Waals surface area contributed by atoms with Crippen molar-refractivity contribution < 1.29 is 19.7 Å². The molecular weight excluding hydrogens is 208 g/mol. The van der Waals surface area contributed by atoms with Crippen molar-refractivity contribution in [3.8, 4) is 5.75 Å². The molecule has 2 N–H and O–H groups in total. The van der Waals surface area contributed by atoms with Crippen molar-refractivity contribution in [2.24, 2.45) is 5.41 Å². The number of carbonyl (C=O) groups excluding carboxylic acids is 1. The number of aliphatic hydroxyl groups excluding tert-OH is 2. The molecule has 0 fully saturated rings. The summed E-state index contributed by atoms with van der Waals surface area (Å²) in [5, 5.41) is 18.3. The summed E-state index contributed by atoms with van der Waals surface area (Å²) in [7, 11) is 0. The van der Waals surface area contributed by atoms with E-state index in [1.165, 1.54) is 0 Å².